The Morgan fingerprint density at radius 3 is 1.20 bits per heavy atom. The lowest BCUT2D eigenvalue weighted by Crippen LogP contribution is -2.61. The third kappa shape index (κ3) is 9.59. The van der Waals surface area contributed by atoms with Crippen molar-refractivity contribution in [3.63, 3.8) is 0 Å². The Balaban J connectivity index is 5.54. The van der Waals surface area contributed by atoms with Crippen molar-refractivity contribution in [1.82, 2.24) is 14.7 Å². The fourth-order valence-electron chi connectivity index (χ4n) is 2.75. The van der Waals surface area contributed by atoms with Crippen molar-refractivity contribution in [2.75, 3.05) is 53.4 Å². The zero-order chi connectivity index (χ0) is 19.8. The van der Waals surface area contributed by atoms with Crippen molar-refractivity contribution in [1.29, 1.82) is 0 Å². The molecule has 25 heavy (non-hydrogen) atoms. The normalized spacial score (nSPS) is 11.9. The number of nitrogens with zero attached hydrogens (tertiary/aromatic N) is 3. The molecule has 0 aromatic rings. The summed E-state index contributed by atoms with van der Waals surface area (Å²) in [6.45, 7) is -0.170. The Hall–Kier alpha value is -2.24. The van der Waals surface area contributed by atoms with E-state index >= 15 is 0 Å². The molecule has 0 rings (SSSR count). The number of hydrogen-bond acceptors (Lipinski definition) is 7. The van der Waals surface area contributed by atoms with Gasteiger partial charge in [-0.05, 0) is 21.0 Å². The van der Waals surface area contributed by atoms with Gasteiger partial charge >= 0.3 is 23.9 Å². The van der Waals surface area contributed by atoms with E-state index in [1.54, 1.807) is 6.92 Å². The largest absolute Gasteiger partial charge is 0.480 e. The van der Waals surface area contributed by atoms with Crippen LogP contribution in [0.2, 0.25) is 0 Å². The molecule has 11 heteroatoms. The maximum atomic E-state index is 11.1. The molecule has 0 aromatic heterocycles. The Kier molecular flexibility index (Phi) is 9.02. The number of carboxylic acids is 4. The maximum Gasteiger partial charge on any atom is 0.317 e. The van der Waals surface area contributed by atoms with Gasteiger partial charge in [0, 0.05) is 18.6 Å². The zero-order valence-electron chi connectivity index (χ0n) is 14.5. The van der Waals surface area contributed by atoms with Crippen LogP contribution in [0.3, 0.4) is 0 Å². The van der Waals surface area contributed by atoms with E-state index < -0.39 is 42.5 Å². The molecular formula is C14H25N3O8. The number of rotatable bonds is 13. The number of hydrogen-bond donors (Lipinski definition) is 4. The van der Waals surface area contributed by atoms with Gasteiger partial charge in [-0.3, -0.25) is 33.9 Å². The van der Waals surface area contributed by atoms with E-state index in [0.29, 0.717) is 0 Å². The minimum atomic E-state index is -1.24. The summed E-state index contributed by atoms with van der Waals surface area (Å²) in [5.41, 5.74) is -1.11. The van der Waals surface area contributed by atoms with Crippen LogP contribution in [0.5, 0.6) is 0 Å². The van der Waals surface area contributed by atoms with Crippen molar-refractivity contribution in [3.8, 4) is 0 Å². The first-order valence-corrected chi connectivity index (χ1v) is 7.35. The van der Waals surface area contributed by atoms with Gasteiger partial charge in [-0.2, -0.15) is 0 Å². The van der Waals surface area contributed by atoms with Crippen molar-refractivity contribution in [2.24, 2.45) is 0 Å². The lowest BCUT2D eigenvalue weighted by molar-refractivity contribution is -0.148. The molecular weight excluding hydrogens is 338 g/mol. The molecule has 11 nitrogen and oxygen atoms in total. The van der Waals surface area contributed by atoms with Crippen LogP contribution in [0, 0.1) is 0 Å². The SMILES string of the molecule is CN(CC(=O)O)CC(C)(CN(C)CC(=O)O)N(CC(=O)O)CC(=O)O. The van der Waals surface area contributed by atoms with Crippen molar-refractivity contribution < 1.29 is 39.6 Å². The van der Waals surface area contributed by atoms with Crippen molar-refractivity contribution >= 4 is 23.9 Å². The molecule has 4 N–H and O–H groups in total. The van der Waals surface area contributed by atoms with E-state index in [-0.39, 0.29) is 26.2 Å². The first-order chi connectivity index (χ1) is 11.4. The van der Waals surface area contributed by atoms with Crippen LogP contribution in [0.15, 0.2) is 0 Å². The van der Waals surface area contributed by atoms with E-state index in [2.05, 4.69) is 0 Å². The van der Waals surface area contributed by atoms with Gasteiger partial charge in [-0.15, -0.1) is 0 Å². The molecule has 0 aliphatic carbocycles. The minimum absolute atomic E-state index is 0.0316. The van der Waals surface area contributed by atoms with Gasteiger partial charge in [-0.1, -0.05) is 0 Å². The highest BCUT2D eigenvalue weighted by atomic mass is 16.4. The summed E-state index contributed by atoms with van der Waals surface area (Å²) in [6.07, 6.45) is 0. The average Bonchev–Trinajstić information content (AvgIpc) is 2.33. The predicted octanol–water partition coefficient (Wildman–Crippen LogP) is -1.75. The van der Waals surface area contributed by atoms with Crippen LogP contribution in [-0.4, -0.2) is 118 Å². The molecule has 0 fully saturated rings. The predicted molar refractivity (Wildman–Crippen MR) is 85.5 cm³/mol. The molecule has 0 saturated heterocycles. The average molecular weight is 363 g/mol. The molecule has 0 aliphatic heterocycles. The maximum absolute atomic E-state index is 11.1. The standard InChI is InChI=1S/C14H25N3O8/c1-14(8-15(2)4-10(18)19,9-16(3)5-11(20)21)17(6-12(22)23)7-13(24)25/h4-9H2,1-3H3,(H,18,19)(H,20,21)(H,22,23)(H,24,25). The van der Waals surface area contributed by atoms with Crippen LogP contribution in [0.1, 0.15) is 6.92 Å². The molecule has 0 bridgehead atoms. The molecule has 0 unspecified atom stereocenters. The third-order valence-electron chi connectivity index (χ3n) is 3.45. The Labute approximate surface area is 145 Å². The molecule has 0 saturated carbocycles. The first-order valence-electron chi connectivity index (χ1n) is 7.35. The van der Waals surface area contributed by atoms with Gasteiger partial charge in [0.25, 0.3) is 0 Å². The van der Waals surface area contributed by atoms with Gasteiger partial charge < -0.3 is 20.4 Å². The molecule has 0 aliphatic rings. The molecule has 0 aromatic carbocycles. The van der Waals surface area contributed by atoms with Crippen LogP contribution in [0.25, 0.3) is 0 Å². The Morgan fingerprint density at radius 1 is 0.680 bits per heavy atom. The van der Waals surface area contributed by atoms with Crippen molar-refractivity contribution in [2.45, 2.75) is 12.5 Å². The Bertz CT molecular complexity index is 470. The van der Waals surface area contributed by atoms with E-state index in [1.807, 2.05) is 0 Å². The number of likely N-dealkylation sites (N-methyl/N-ethyl adjacent to an activating group) is 2. The summed E-state index contributed by atoms with van der Waals surface area (Å²) in [5, 5.41) is 35.9. The van der Waals surface area contributed by atoms with E-state index in [0.717, 1.165) is 0 Å². The minimum Gasteiger partial charge on any atom is -0.480 e. The van der Waals surface area contributed by atoms with Gasteiger partial charge in [0.15, 0.2) is 0 Å². The summed E-state index contributed by atoms with van der Waals surface area (Å²) in [5.74, 6) is -4.66. The molecule has 0 atom stereocenters. The summed E-state index contributed by atoms with van der Waals surface area (Å²) in [4.78, 5) is 48.0. The highest BCUT2D eigenvalue weighted by molar-refractivity contribution is 5.73. The molecule has 0 amide bonds. The van der Waals surface area contributed by atoms with Crippen LogP contribution in [-0.2, 0) is 19.2 Å². The van der Waals surface area contributed by atoms with Gasteiger partial charge in [0.2, 0.25) is 0 Å². The first kappa shape index (κ1) is 22.8. The molecule has 0 radical (unpaired) electrons. The quantitative estimate of drug-likeness (QED) is 0.294. The summed E-state index contributed by atoms with van der Waals surface area (Å²) >= 11 is 0. The lowest BCUT2D eigenvalue weighted by Gasteiger charge is -2.43. The number of carbonyl (C=O) groups is 4. The van der Waals surface area contributed by atoms with Gasteiger partial charge in [-0.25, -0.2) is 0 Å². The summed E-state index contributed by atoms with van der Waals surface area (Å²) < 4.78 is 0. The molecule has 144 valence electrons. The molecule has 0 heterocycles. The summed E-state index contributed by atoms with van der Waals surface area (Å²) in [6, 6.07) is 0. The fraction of sp³-hybridized carbons (Fsp3) is 0.714. The zero-order valence-corrected chi connectivity index (χ0v) is 14.5. The van der Waals surface area contributed by atoms with E-state index in [1.165, 1.54) is 28.8 Å². The third-order valence-corrected chi connectivity index (χ3v) is 3.45. The van der Waals surface area contributed by atoms with Crippen LogP contribution in [0.4, 0.5) is 0 Å². The smallest absolute Gasteiger partial charge is 0.317 e. The van der Waals surface area contributed by atoms with E-state index in [4.69, 9.17) is 20.4 Å². The highest BCUT2D eigenvalue weighted by Crippen LogP contribution is 2.18. The number of aliphatic carboxylic acids is 4. The number of carboxylic acid groups (broad SMARTS) is 4. The lowest BCUT2D eigenvalue weighted by atomic mass is 9.97. The fourth-order valence-corrected chi connectivity index (χ4v) is 2.75. The monoisotopic (exact) mass is 363 g/mol. The second kappa shape index (κ2) is 9.91. The van der Waals surface area contributed by atoms with Gasteiger partial charge in [0.1, 0.15) is 0 Å². The Morgan fingerprint density at radius 2 is 0.960 bits per heavy atom. The molecule has 0 spiro atoms. The van der Waals surface area contributed by atoms with Crippen molar-refractivity contribution in [3.05, 3.63) is 0 Å². The highest BCUT2D eigenvalue weighted by Gasteiger charge is 2.37. The van der Waals surface area contributed by atoms with Gasteiger partial charge in [0.05, 0.1) is 26.2 Å². The van der Waals surface area contributed by atoms with Crippen LogP contribution >= 0.6 is 0 Å². The van der Waals surface area contributed by atoms with Crippen LogP contribution < -0.4 is 0 Å². The topological polar surface area (TPSA) is 159 Å². The second-order valence-corrected chi connectivity index (χ2v) is 6.27. The van der Waals surface area contributed by atoms with E-state index in [9.17, 15) is 19.2 Å². The second-order valence-electron chi connectivity index (χ2n) is 6.27. The summed E-state index contributed by atoms with van der Waals surface area (Å²) in [7, 11) is 3.01.